The number of carbonyl (C=O) groups excluding carboxylic acids is 1. The summed E-state index contributed by atoms with van der Waals surface area (Å²) in [4.78, 5) is 17.8. The zero-order valence-corrected chi connectivity index (χ0v) is 15.1. The van der Waals surface area contributed by atoms with Gasteiger partial charge in [-0.15, -0.1) is 0 Å². The highest BCUT2D eigenvalue weighted by Crippen LogP contribution is 2.30. The van der Waals surface area contributed by atoms with Gasteiger partial charge in [0, 0.05) is 38.3 Å². The molecule has 132 valence electrons. The molecule has 5 heteroatoms. The molecule has 0 bridgehead atoms. The molecule has 1 aliphatic carbocycles. The maximum atomic E-state index is 12.9. The predicted molar refractivity (Wildman–Crippen MR) is 91.4 cm³/mol. The van der Waals surface area contributed by atoms with E-state index in [1.54, 1.807) is 0 Å². The van der Waals surface area contributed by atoms with Gasteiger partial charge in [-0.05, 0) is 39.0 Å². The van der Waals surface area contributed by atoms with Gasteiger partial charge in [-0.3, -0.25) is 14.6 Å². The first-order valence-corrected chi connectivity index (χ1v) is 9.38. The van der Waals surface area contributed by atoms with Crippen LogP contribution in [-0.4, -0.2) is 72.2 Å². The van der Waals surface area contributed by atoms with Gasteiger partial charge in [0.05, 0.1) is 18.2 Å². The van der Waals surface area contributed by atoms with Crippen molar-refractivity contribution in [3.05, 3.63) is 0 Å². The standard InChI is InChI=1S/C18H33N3O2/c1-12(2)17(21-9-13(3)23-14(4)10-21)18(22)19-15-7-8-20(11-15)16-5-6-16/h12-17H,5-11H2,1-4H3,(H,19,22)/t13-,14-,15-,17+/m1/s1. The SMILES string of the molecule is CC(C)[C@@H](C(=O)N[C@@H]1CCN(C2CC2)C1)N1C[C@@H](C)O[C@H](C)C1. The molecule has 0 aromatic heterocycles. The highest BCUT2D eigenvalue weighted by atomic mass is 16.5. The minimum absolute atomic E-state index is 0.0428. The lowest BCUT2D eigenvalue weighted by Gasteiger charge is -2.41. The van der Waals surface area contributed by atoms with Gasteiger partial charge in [-0.25, -0.2) is 0 Å². The molecular formula is C18H33N3O2. The van der Waals surface area contributed by atoms with E-state index in [0.29, 0.717) is 12.0 Å². The zero-order valence-electron chi connectivity index (χ0n) is 15.1. The number of hydrogen-bond donors (Lipinski definition) is 1. The molecule has 3 rings (SSSR count). The fraction of sp³-hybridized carbons (Fsp3) is 0.944. The minimum atomic E-state index is -0.0428. The van der Waals surface area contributed by atoms with Gasteiger partial charge < -0.3 is 10.1 Å². The van der Waals surface area contributed by atoms with E-state index < -0.39 is 0 Å². The number of likely N-dealkylation sites (tertiary alicyclic amines) is 1. The fourth-order valence-corrected chi connectivity index (χ4v) is 4.30. The number of amides is 1. The number of morpholine rings is 1. The largest absolute Gasteiger partial charge is 0.373 e. The van der Waals surface area contributed by atoms with Crippen molar-refractivity contribution in [1.82, 2.24) is 15.1 Å². The van der Waals surface area contributed by atoms with E-state index in [4.69, 9.17) is 4.74 Å². The Labute approximate surface area is 140 Å². The van der Waals surface area contributed by atoms with Crippen molar-refractivity contribution in [3.8, 4) is 0 Å². The Hall–Kier alpha value is -0.650. The van der Waals surface area contributed by atoms with Gasteiger partial charge in [0.2, 0.25) is 5.91 Å². The molecule has 4 atom stereocenters. The molecule has 2 saturated heterocycles. The summed E-state index contributed by atoms with van der Waals surface area (Å²) >= 11 is 0. The number of rotatable bonds is 5. The topological polar surface area (TPSA) is 44.8 Å². The van der Waals surface area contributed by atoms with Crippen LogP contribution in [0.2, 0.25) is 0 Å². The first-order chi connectivity index (χ1) is 10.9. The lowest BCUT2D eigenvalue weighted by molar-refractivity contribution is -0.136. The maximum absolute atomic E-state index is 12.9. The normalized spacial score (nSPS) is 34.7. The monoisotopic (exact) mass is 323 g/mol. The fourth-order valence-electron chi connectivity index (χ4n) is 4.30. The first kappa shape index (κ1) is 17.2. The van der Waals surface area contributed by atoms with Gasteiger partial charge in [-0.2, -0.15) is 0 Å². The summed E-state index contributed by atoms with van der Waals surface area (Å²) in [6.45, 7) is 12.4. The minimum Gasteiger partial charge on any atom is -0.373 e. The summed E-state index contributed by atoms with van der Waals surface area (Å²) < 4.78 is 5.83. The van der Waals surface area contributed by atoms with Crippen LogP contribution in [0, 0.1) is 5.92 Å². The van der Waals surface area contributed by atoms with Gasteiger partial charge in [-0.1, -0.05) is 13.8 Å². The molecule has 0 spiro atoms. The Morgan fingerprint density at radius 3 is 2.30 bits per heavy atom. The Morgan fingerprint density at radius 1 is 1.09 bits per heavy atom. The number of nitrogens with zero attached hydrogens (tertiary/aromatic N) is 2. The highest BCUT2D eigenvalue weighted by Gasteiger charge is 2.38. The van der Waals surface area contributed by atoms with Gasteiger partial charge in [0.1, 0.15) is 0 Å². The smallest absolute Gasteiger partial charge is 0.237 e. The number of ether oxygens (including phenoxy) is 1. The van der Waals surface area contributed by atoms with E-state index in [2.05, 4.69) is 42.8 Å². The molecular weight excluding hydrogens is 290 g/mol. The van der Waals surface area contributed by atoms with Crippen molar-refractivity contribution >= 4 is 5.91 Å². The first-order valence-electron chi connectivity index (χ1n) is 9.38. The maximum Gasteiger partial charge on any atom is 0.237 e. The summed E-state index contributed by atoms with van der Waals surface area (Å²) in [6, 6.07) is 1.10. The highest BCUT2D eigenvalue weighted by molar-refractivity contribution is 5.82. The average Bonchev–Trinajstić information content (AvgIpc) is 3.18. The lowest BCUT2D eigenvalue weighted by atomic mass is 9.99. The van der Waals surface area contributed by atoms with Crippen LogP contribution < -0.4 is 5.32 Å². The summed E-state index contributed by atoms with van der Waals surface area (Å²) in [6.07, 6.45) is 4.19. The van der Waals surface area contributed by atoms with E-state index in [9.17, 15) is 4.79 Å². The Bertz CT molecular complexity index is 414. The number of nitrogens with one attached hydrogen (secondary N) is 1. The summed E-state index contributed by atoms with van der Waals surface area (Å²) in [7, 11) is 0. The van der Waals surface area contributed by atoms with Crippen LogP contribution in [0.4, 0.5) is 0 Å². The molecule has 3 fully saturated rings. The van der Waals surface area contributed by atoms with Crippen molar-refractivity contribution in [2.24, 2.45) is 5.92 Å². The molecule has 0 radical (unpaired) electrons. The summed E-state index contributed by atoms with van der Waals surface area (Å²) in [5.74, 6) is 0.525. The van der Waals surface area contributed by atoms with Crippen molar-refractivity contribution in [2.45, 2.75) is 77.3 Å². The Balaban J connectivity index is 1.58. The second-order valence-corrected chi connectivity index (χ2v) is 8.12. The summed E-state index contributed by atoms with van der Waals surface area (Å²) in [5, 5.41) is 3.34. The van der Waals surface area contributed by atoms with Crippen LogP contribution in [0.5, 0.6) is 0 Å². The molecule has 0 unspecified atom stereocenters. The Morgan fingerprint density at radius 2 is 1.74 bits per heavy atom. The van der Waals surface area contributed by atoms with E-state index in [1.807, 2.05) is 0 Å². The molecule has 23 heavy (non-hydrogen) atoms. The second kappa shape index (κ2) is 7.08. The molecule has 1 N–H and O–H groups in total. The van der Waals surface area contributed by atoms with Crippen LogP contribution in [0.25, 0.3) is 0 Å². The number of carbonyl (C=O) groups is 1. The molecule has 0 aromatic carbocycles. The zero-order chi connectivity index (χ0) is 16.6. The molecule has 0 aromatic rings. The molecule has 1 saturated carbocycles. The van der Waals surface area contributed by atoms with Crippen LogP contribution in [0.1, 0.15) is 47.0 Å². The second-order valence-electron chi connectivity index (χ2n) is 8.12. The van der Waals surface area contributed by atoms with Crippen LogP contribution in [0.3, 0.4) is 0 Å². The molecule has 1 amide bonds. The predicted octanol–water partition coefficient (Wildman–Crippen LogP) is 1.47. The van der Waals surface area contributed by atoms with E-state index in [0.717, 1.165) is 38.6 Å². The van der Waals surface area contributed by atoms with Crippen LogP contribution >= 0.6 is 0 Å². The number of hydrogen-bond acceptors (Lipinski definition) is 4. The van der Waals surface area contributed by atoms with Crippen LogP contribution in [-0.2, 0) is 9.53 Å². The van der Waals surface area contributed by atoms with E-state index >= 15 is 0 Å². The van der Waals surface area contributed by atoms with Crippen LogP contribution in [0.15, 0.2) is 0 Å². The third-order valence-electron chi connectivity index (χ3n) is 5.37. The molecule has 3 aliphatic rings. The van der Waals surface area contributed by atoms with E-state index in [-0.39, 0.29) is 24.2 Å². The third-order valence-corrected chi connectivity index (χ3v) is 5.37. The van der Waals surface area contributed by atoms with Crippen molar-refractivity contribution in [3.63, 3.8) is 0 Å². The van der Waals surface area contributed by atoms with Gasteiger partial charge in [0.25, 0.3) is 0 Å². The molecule has 2 aliphatic heterocycles. The third kappa shape index (κ3) is 4.25. The Kier molecular flexibility index (Phi) is 5.29. The lowest BCUT2D eigenvalue weighted by Crippen LogP contribution is -2.58. The van der Waals surface area contributed by atoms with E-state index in [1.165, 1.54) is 12.8 Å². The van der Waals surface area contributed by atoms with Crippen molar-refractivity contribution < 1.29 is 9.53 Å². The molecule has 5 nitrogen and oxygen atoms in total. The van der Waals surface area contributed by atoms with Crippen molar-refractivity contribution in [1.29, 1.82) is 0 Å². The van der Waals surface area contributed by atoms with Gasteiger partial charge >= 0.3 is 0 Å². The summed E-state index contributed by atoms with van der Waals surface area (Å²) in [5.41, 5.74) is 0. The van der Waals surface area contributed by atoms with Gasteiger partial charge in [0.15, 0.2) is 0 Å². The average molecular weight is 323 g/mol. The molecule has 2 heterocycles. The van der Waals surface area contributed by atoms with Crippen molar-refractivity contribution in [2.75, 3.05) is 26.2 Å². The quantitative estimate of drug-likeness (QED) is 0.832.